The van der Waals surface area contributed by atoms with E-state index >= 15 is 0 Å². The molecule has 0 amide bonds. The third-order valence-corrected chi connectivity index (χ3v) is 3.18. The summed E-state index contributed by atoms with van der Waals surface area (Å²) in [5.74, 6) is 0.578. The number of rotatable bonds is 6. The second-order valence-corrected chi connectivity index (χ2v) is 5.11. The van der Waals surface area contributed by atoms with Gasteiger partial charge in [-0.15, -0.1) is 11.6 Å². The van der Waals surface area contributed by atoms with Gasteiger partial charge in [0, 0.05) is 25.2 Å². The van der Waals surface area contributed by atoms with Crippen molar-refractivity contribution in [1.82, 2.24) is 4.90 Å². The van der Waals surface area contributed by atoms with Crippen LogP contribution in [0.15, 0.2) is 18.2 Å². The van der Waals surface area contributed by atoms with Gasteiger partial charge in [-0.25, -0.2) is 0 Å². The molecule has 0 aromatic heterocycles. The van der Waals surface area contributed by atoms with E-state index in [1.54, 1.807) is 0 Å². The Bertz CT molecular complexity index is 350. The first-order valence-electron chi connectivity index (χ1n) is 6.06. The molecule has 1 aromatic rings. The van der Waals surface area contributed by atoms with Crippen LogP contribution in [0.3, 0.4) is 0 Å². The Labute approximate surface area is 110 Å². The quantitative estimate of drug-likeness (QED) is 0.720. The fourth-order valence-corrected chi connectivity index (χ4v) is 2.15. The van der Waals surface area contributed by atoms with Gasteiger partial charge in [0.25, 0.3) is 0 Å². The number of halogens is 1. The van der Waals surface area contributed by atoms with Gasteiger partial charge in [0.15, 0.2) is 0 Å². The summed E-state index contributed by atoms with van der Waals surface area (Å²) < 4.78 is 0. The zero-order chi connectivity index (χ0) is 12.8. The van der Waals surface area contributed by atoms with E-state index in [9.17, 15) is 0 Å². The average Bonchev–Trinajstić information content (AvgIpc) is 2.28. The van der Waals surface area contributed by atoms with Crippen LogP contribution in [0.1, 0.15) is 17.5 Å². The van der Waals surface area contributed by atoms with Crippen LogP contribution >= 0.6 is 11.6 Å². The van der Waals surface area contributed by atoms with Crippen LogP contribution < -0.4 is 4.90 Å². The summed E-state index contributed by atoms with van der Waals surface area (Å²) in [6.07, 6.45) is 1.17. The predicted octanol–water partition coefficient (Wildman–Crippen LogP) is 3.12. The molecule has 0 heterocycles. The summed E-state index contributed by atoms with van der Waals surface area (Å²) in [5, 5.41) is 0. The summed E-state index contributed by atoms with van der Waals surface area (Å²) in [6, 6.07) is 6.49. The minimum atomic E-state index is 0.578. The van der Waals surface area contributed by atoms with E-state index < -0.39 is 0 Å². The Morgan fingerprint density at radius 1 is 1.12 bits per heavy atom. The molecule has 1 aromatic carbocycles. The van der Waals surface area contributed by atoms with E-state index in [0.29, 0.717) is 5.88 Å². The lowest BCUT2D eigenvalue weighted by Gasteiger charge is -2.23. The Morgan fingerprint density at radius 3 is 2.41 bits per heavy atom. The lowest BCUT2D eigenvalue weighted by molar-refractivity contribution is 0.401. The van der Waals surface area contributed by atoms with Gasteiger partial charge in [-0.1, -0.05) is 17.7 Å². The molecule has 0 saturated heterocycles. The van der Waals surface area contributed by atoms with Crippen molar-refractivity contribution in [2.45, 2.75) is 19.2 Å². The average molecular weight is 255 g/mol. The Balaban J connectivity index is 2.64. The standard InChI is InChI=1S/C14H23ClN2/c1-12-6-7-14(13(10-12)11-15)17(4)9-5-8-16(2)3/h6-7,10H,5,8-9,11H2,1-4H3. The lowest BCUT2D eigenvalue weighted by atomic mass is 10.1. The molecular formula is C14H23ClN2. The molecule has 0 aliphatic heterocycles. The largest absolute Gasteiger partial charge is 0.374 e. The fourth-order valence-electron chi connectivity index (χ4n) is 1.94. The topological polar surface area (TPSA) is 6.48 Å². The summed E-state index contributed by atoms with van der Waals surface area (Å²) in [7, 11) is 6.35. The highest BCUT2D eigenvalue weighted by atomic mass is 35.5. The van der Waals surface area contributed by atoms with Crippen LogP contribution in [0.2, 0.25) is 0 Å². The van der Waals surface area contributed by atoms with Gasteiger partial charge in [-0.05, 0) is 45.6 Å². The van der Waals surface area contributed by atoms with E-state index in [-0.39, 0.29) is 0 Å². The lowest BCUT2D eigenvalue weighted by Crippen LogP contribution is -2.24. The van der Waals surface area contributed by atoms with Crippen molar-refractivity contribution in [2.75, 3.05) is 39.1 Å². The zero-order valence-electron chi connectivity index (χ0n) is 11.3. The Morgan fingerprint density at radius 2 is 1.82 bits per heavy atom. The SMILES string of the molecule is Cc1ccc(N(C)CCCN(C)C)c(CCl)c1. The number of benzene rings is 1. The molecule has 3 heteroatoms. The molecule has 0 radical (unpaired) electrons. The van der Waals surface area contributed by atoms with Crippen molar-refractivity contribution >= 4 is 17.3 Å². The van der Waals surface area contributed by atoms with Crippen molar-refractivity contribution in [3.05, 3.63) is 29.3 Å². The van der Waals surface area contributed by atoms with Crippen molar-refractivity contribution < 1.29 is 0 Å². The summed E-state index contributed by atoms with van der Waals surface area (Å²) >= 11 is 6.00. The summed E-state index contributed by atoms with van der Waals surface area (Å²) in [6.45, 7) is 4.28. The summed E-state index contributed by atoms with van der Waals surface area (Å²) in [4.78, 5) is 4.51. The van der Waals surface area contributed by atoms with Gasteiger partial charge in [0.1, 0.15) is 0 Å². The van der Waals surface area contributed by atoms with Gasteiger partial charge < -0.3 is 9.80 Å². The number of hydrogen-bond acceptors (Lipinski definition) is 2. The molecule has 96 valence electrons. The Kier molecular flexibility index (Phi) is 5.79. The molecule has 0 atom stereocenters. The van der Waals surface area contributed by atoms with E-state index in [4.69, 9.17) is 11.6 Å². The summed E-state index contributed by atoms with van der Waals surface area (Å²) in [5.41, 5.74) is 3.74. The van der Waals surface area contributed by atoms with Gasteiger partial charge in [-0.2, -0.15) is 0 Å². The molecule has 0 saturated carbocycles. The highest BCUT2D eigenvalue weighted by molar-refractivity contribution is 6.17. The maximum atomic E-state index is 6.00. The minimum Gasteiger partial charge on any atom is -0.374 e. The molecule has 0 aliphatic carbocycles. The fraction of sp³-hybridized carbons (Fsp3) is 0.571. The van der Waals surface area contributed by atoms with Crippen LogP contribution in [0.25, 0.3) is 0 Å². The molecular weight excluding hydrogens is 232 g/mol. The first kappa shape index (κ1) is 14.3. The van der Waals surface area contributed by atoms with Crippen LogP contribution in [0.4, 0.5) is 5.69 Å². The monoisotopic (exact) mass is 254 g/mol. The predicted molar refractivity (Wildman–Crippen MR) is 77.2 cm³/mol. The molecule has 0 spiro atoms. The van der Waals surface area contributed by atoms with Crippen LogP contribution in [-0.2, 0) is 5.88 Å². The Hall–Kier alpha value is -0.730. The van der Waals surface area contributed by atoms with E-state index in [0.717, 1.165) is 13.1 Å². The smallest absolute Gasteiger partial charge is 0.0494 e. The first-order valence-corrected chi connectivity index (χ1v) is 6.59. The van der Waals surface area contributed by atoms with Crippen LogP contribution in [0, 0.1) is 6.92 Å². The molecule has 1 rings (SSSR count). The number of alkyl halides is 1. The second-order valence-electron chi connectivity index (χ2n) is 4.84. The molecule has 0 unspecified atom stereocenters. The molecule has 0 N–H and O–H groups in total. The van der Waals surface area contributed by atoms with Crippen molar-refractivity contribution in [3.63, 3.8) is 0 Å². The van der Waals surface area contributed by atoms with E-state index in [1.807, 2.05) is 0 Å². The maximum Gasteiger partial charge on any atom is 0.0494 e. The van der Waals surface area contributed by atoms with Gasteiger partial charge in [0.2, 0.25) is 0 Å². The minimum absolute atomic E-state index is 0.578. The number of hydrogen-bond donors (Lipinski definition) is 0. The number of anilines is 1. The number of aryl methyl sites for hydroxylation is 1. The van der Waals surface area contributed by atoms with Gasteiger partial charge in [-0.3, -0.25) is 0 Å². The highest BCUT2D eigenvalue weighted by Crippen LogP contribution is 2.22. The van der Waals surface area contributed by atoms with Crippen LogP contribution in [0.5, 0.6) is 0 Å². The zero-order valence-corrected chi connectivity index (χ0v) is 12.1. The maximum absolute atomic E-state index is 6.00. The molecule has 0 fully saturated rings. The van der Waals surface area contributed by atoms with Gasteiger partial charge >= 0.3 is 0 Å². The first-order chi connectivity index (χ1) is 8.04. The van der Waals surface area contributed by atoms with E-state index in [2.05, 4.69) is 56.1 Å². The molecule has 2 nitrogen and oxygen atoms in total. The second kappa shape index (κ2) is 6.87. The van der Waals surface area contributed by atoms with Crippen molar-refractivity contribution in [3.8, 4) is 0 Å². The third kappa shape index (κ3) is 4.57. The molecule has 17 heavy (non-hydrogen) atoms. The normalized spacial score (nSPS) is 10.9. The molecule has 0 aliphatic rings. The highest BCUT2D eigenvalue weighted by Gasteiger charge is 2.06. The van der Waals surface area contributed by atoms with Crippen molar-refractivity contribution in [1.29, 1.82) is 0 Å². The number of nitrogens with zero attached hydrogens (tertiary/aromatic N) is 2. The van der Waals surface area contributed by atoms with Crippen LogP contribution in [-0.4, -0.2) is 39.1 Å². The third-order valence-electron chi connectivity index (χ3n) is 2.89. The van der Waals surface area contributed by atoms with Gasteiger partial charge in [0.05, 0.1) is 0 Å². The molecule has 0 bridgehead atoms. The van der Waals surface area contributed by atoms with Crippen molar-refractivity contribution in [2.24, 2.45) is 0 Å². The van der Waals surface area contributed by atoms with E-state index in [1.165, 1.54) is 23.2 Å².